The first-order valence-corrected chi connectivity index (χ1v) is 8.68. The maximum Gasteiger partial charge on any atom is 0.133 e. The van der Waals surface area contributed by atoms with Gasteiger partial charge in [0.25, 0.3) is 0 Å². The molecule has 6 N–H and O–H groups in total. The van der Waals surface area contributed by atoms with Gasteiger partial charge in [-0.1, -0.05) is 24.3 Å². The quantitative estimate of drug-likeness (QED) is 0.417. The Balaban J connectivity index is 2.25. The molecule has 0 atom stereocenters. The summed E-state index contributed by atoms with van der Waals surface area (Å²) in [7, 11) is 0. The number of hydrogen-bond donors (Lipinski definition) is 3. The number of halogens is 2. The van der Waals surface area contributed by atoms with E-state index in [0.29, 0.717) is 17.1 Å². The van der Waals surface area contributed by atoms with Crippen molar-refractivity contribution in [2.45, 2.75) is 11.8 Å². The average molecular weight is 372 g/mol. The van der Waals surface area contributed by atoms with E-state index >= 15 is 0 Å². The zero-order chi connectivity index (χ0) is 18.1. The Morgan fingerprint density at radius 1 is 0.760 bits per heavy atom. The third kappa shape index (κ3) is 3.39. The Bertz CT molecular complexity index is 902. The van der Waals surface area contributed by atoms with Gasteiger partial charge in [0.2, 0.25) is 0 Å². The van der Waals surface area contributed by atoms with Gasteiger partial charge in [-0.25, -0.2) is 0 Å². The normalized spacial score (nSPS) is 11.0. The van der Waals surface area contributed by atoms with Crippen molar-refractivity contribution >= 4 is 40.3 Å². The van der Waals surface area contributed by atoms with E-state index in [9.17, 15) is 0 Å². The minimum atomic E-state index is -0.681. The van der Waals surface area contributed by atoms with Crippen LogP contribution < -0.4 is 17.2 Å². The number of anilines is 3. The fourth-order valence-electron chi connectivity index (χ4n) is 2.97. The van der Waals surface area contributed by atoms with Crippen LogP contribution in [-0.2, 0) is 0 Å². The van der Waals surface area contributed by atoms with E-state index in [4.69, 9.17) is 40.4 Å². The van der Waals surface area contributed by atoms with Crippen molar-refractivity contribution in [3.05, 3.63) is 65.7 Å². The summed E-state index contributed by atoms with van der Waals surface area (Å²) in [6.07, 6.45) is 0. The minimum Gasteiger partial charge on any atom is -0.399 e. The molecule has 5 heteroatoms. The molecule has 0 radical (unpaired) electrons. The summed E-state index contributed by atoms with van der Waals surface area (Å²) >= 11 is 12.6. The number of nitrogens with two attached hydrogens (primary N) is 3. The minimum absolute atomic E-state index is 0.681. The van der Waals surface area contributed by atoms with Gasteiger partial charge in [-0.2, -0.15) is 0 Å². The highest BCUT2D eigenvalue weighted by molar-refractivity contribution is 6.44. The molecule has 0 aliphatic carbocycles. The smallest absolute Gasteiger partial charge is 0.133 e. The van der Waals surface area contributed by atoms with Crippen LogP contribution in [0.15, 0.2) is 54.6 Å². The summed E-state index contributed by atoms with van der Waals surface area (Å²) in [4.78, 5) is -0.681. The molecule has 0 amide bonds. The summed E-state index contributed by atoms with van der Waals surface area (Å²) in [5, 5.41) is 0. The van der Waals surface area contributed by atoms with Crippen LogP contribution in [0.1, 0.15) is 16.0 Å². The van der Waals surface area contributed by atoms with Gasteiger partial charge in [-0.05, 0) is 65.1 Å². The van der Waals surface area contributed by atoms with Gasteiger partial charge in [0, 0.05) is 22.6 Å². The van der Waals surface area contributed by atoms with Crippen LogP contribution in [0.25, 0.3) is 22.3 Å². The lowest BCUT2D eigenvalue weighted by Gasteiger charge is -2.20. The van der Waals surface area contributed by atoms with E-state index in [2.05, 4.69) is 0 Å². The maximum atomic E-state index is 6.45. The molecule has 0 saturated carbocycles. The largest absolute Gasteiger partial charge is 0.399 e. The first-order chi connectivity index (χ1) is 11.9. The van der Waals surface area contributed by atoms with E-state index in [-0.39, 0.29) is 0 Å². The van der Waals surface area contributed by atoms with Gasteiger partial charge in [-0.3, -0.25) is 0 Å². The summed E-state index contributed by atoms with van der Waals surface area (Å²) < 4.78 is 0. The number of rotatable bonds is 3. The van der Waals surface area contributed by atoms with Crippen molar-refractivity contribution in [3.8, 4) is 22.3 Å². The van der Waals surface area contributed by atoms with Crippen molar-refractivity contribution < 1.29 is 0 Å². The summed E-state index contributed by atoms with van der Waals surface area (Å²) in [6, 6.07) is 17.1. The molecule has 0 aliphatic rings. The lowest BCUT2D eigenvalue weighted by atomic mass is 9.89. The highest BCUT2D eigenvalue weighted by Gasteiger charge is 2.19. The zero-order valence-electron chi connectivity index (χ0n) is 13.8. The number of nitrogen functional groups attached to an aromatic ring is 3. The fraction of sp³-hybridized carbons (Fsp3) is 0.100. The standard InChI is InChI=1S/C20H19Cl2N3/c1-11-18(13-4-8-15(24)9-5-13)17(20(21)22)10-16(19(11)25)12-2-6-14(23)7-3-12/h2-10,20H,23-25H2,1H3. The molecular formula is C20H19Cl2N3. The van der Waals surface area contributed by atoms with Crippen LogP contribution in [0.5, 0.6) is 0 Å². The Morgan fingerprint density at radius 3 is 1.72 bits per heavy atom. The highest BCUT2D eigenvalue weighted by atomic mass is 35.5. The Labute approximate surface area is 157 Å². The van der Waals surface area contributed by atoms with Crippen molar-refractivity contribution in [3.63, 3.8) is 0 Å². The molecule has 0 fully saturated rings. The topological polar surface area (TPSA) is 78.1 Å². The molecule has 0 spiro atoms. The third-order valence-electron chi connectivity index (χ3n) is 4.31. The maximum absolute atomic E-state index is 6.45. The van der Waals surface area contributed by atoms with Gasteiger partial charge in [0.05, 0.1) is 0 Å². The molecule has 128 valence electrons. The second-order valence-electron chi connectivity index (χ2n) is 5.97. The van der Waals surface area contributed by atoms with E-state index in [1.807, 2.05) is 61.5 Å². The Morgan fingerprint density at radius 2 is 1.24 bits per heavy atom. The van der Waals surface area contributed by atoms with E-state index < -0.39 is 4.84 Å². The second-order valence-corrected chi connectivity index (χ2v) is 7.07. The number of alkyl halides is 2. The molecule has 3 aromatic carbocycles. The predicted molar refractivity (Wildman–Crippen MR) is 110 cm³/mol. The van der Waals surface area contributed by atoms with E-state index in [1.165, 1.54) is 0 Å². The lowest BCUT2D eigenvalue weighted by Crippen LogP contribution is -2.01. The third-order valence-corrected chi connectivity index (χ3v) is 4.78. The molecule has 0 bridgehead atoms. The van der Waals surface area contributed by atoms with Crippen molar-refractivity contribution in [2.24, 2.45) is 0 Å². The van der Waals surface area contributed by atoms with Gasteiger partial charge in [0.1, 0.15) is 4.84 Å². The Kier molecular flexibility index (Phi) is 4.80. The molecule has 0 aromatic heterocycles. The van der Waals surface area contributed by atoms with Gasteiger partial charge in [-0.15, -0.1) is 23.2 Å². The van der Waals surface area contributed by atoms with Crippen molar-refractivity contribution in [1.29, 1.82) is 0 Å². The van der Waals surface area contributed by atoms with Gasteiger partial charge in [0.15, 0.2) is 0 Å². The first-order valence-electron chi connectivity index (χ1n) is 7.81. The first kappa shape index (κ1) is 17.5. The van der Waals surface area contributed by atoms with Crippen LogP contribution in [0.3, 0.4) is 0 Å². The monoisotopic (exact) mass is 371 g/mol. The lowest BCUT2D eigenvalue weighted by molar-refractivity contribution is 1.31. The molecule has 0 saturated heterocycles. The fourth-order valence-corrected chi connectivity index (χ4v) is 3.31. The zero-order valence-corrected chi connectivity index (χ0v) is 15.3. The highest BCUT2D eigenvalue weighted by Crippen LogP contribution is 2.43. The van der Waals surface area contributed by atoms with Crippen molar-refractivity contribution in [1.82, 2.24) is 0 Å². The molecule has 0 unspecified atom stereocenters. The number of hydrogen-bond acceptors (Lipinski definition) is 3. The summed E-state index contributed by atoms with van der Waals surface area (Å²) in [6.45, 7) is 1.97. The summed E-state index contributed by atoms with van der Waals surface area (Å²) in [5.74, 6) is 0. The molecule has 25 heavy (non-hydrogen) atoms. The van der Waals surface area contributed by atoms with E-state index in [0.717, 1.165) is 33.4 Å². The van der Waals surface area contributed by atoms with Crippen LogP contribution in [0.4, 0.5) is 17.1 Å². The summed E-state index contributed by atoms with van der Waals surface area (Å²) in [5.41, 5.74) is 25.6. The molecular weight excluding hydrogens is 353 g/mol. The van der Waals surface area contributed by atoms with Gasteiger partial charge >= 0.3 is 0 Å². The average Bonchev–Trinajstić information content (AvgIpc) is 2.59. The van der Waals surface area contributed by atoms with Crippen LogP contribution in [-0.4, -0.2) is 0 Å². The second kappa shape index (κ2) is 6.87. The van der Waals surface area contributed by atoms with Crippen LogP contribution in [0, 0.1) is 6.92 Å². The Hall–Kier alpha value is -2.36. The molecule has 0 aliphatic heterocycles. The van der Waals surface area contributed by atoms with Crippen molar-refractivity contribution in [2.75, 3.05) is 17.2 Å². The predicted octanol–water partition coefficient (Wildman–Crippen LogP) is 5.55. The van der Waals surface area contributed by atoms with E-state index in [1.54, 1.807) is 0 Å². The molecule has 3 nitrogen and oxygen atoms in total. The molecule has 3 aromatic rings. The molecule has 0 heterocycles. The SMILES string of the molecule is Cc1c(N)c(-c2ccc(N)cc2)cc(C(Cl)Cl)c1-c1ccc(N)cc1. The number of benzene rings is 3. The van der Waals surface area contributed by atoms with Gasteiger partial charge < -0.3 is 17.2 Å². The van der Waals surface area contributed by atoms with Crippen LogP contribution in [0.2, 0.25) is 0 Å². The van der Waals surface area contributed by atoms with Crippen LogP contribution >= 0.6 is 23.2 Å². The molecule has 3 rings (SSSR count).